The van der Waals surface area contributed by atoms with Crippen molar-refractivity contribution in [2.75, 3.05) is 11.1 Å². The van der Waals surface area contributed by atoms with E-state index in [1.807, 2.05) is 24.3 Å². The van der Waals surface area contributed by atoms with Gasteiger partial charge in [0.15, 0.2) is 6.10 Å². The Morgan fingerprint density at radius 2 is 2.10 bits per heavy atom. The van der Waals surface area contributed by atoms with Gasteiger partial charge < -0.3 is 15.8 Å². The maximum atomic E-state index is 12.2. The summed E-state index contributed by atoms with van der Waals surface area (Å²) < 4.78 is 5.63. The van der Waals surface area contributed by atoms with Crippen molar-refractivity contribution in [3.05, 3.63) is 53.1 Å². The Morgan fingerprint density at radius 1 is 1.30 bits per heavy atom. The zero-order chi connectivity index (χ0) is 14.1. The number of ether oxygens (including phenoxy) is 1. The SMILES string of the molecule is Nc1cc(Cl)ccc1NC(=O)C1Cc2ccccc2O1. The fraction of sp³-hybridized carbons (Fsp3) is 0.133. The number of hydrogen-bond acceptors (Lipinski definition) is 3. The van der Waals surface area contributed by atoms with Gasteiger partial charge in [0.25, 0.3) is 5.91 Å². The number of nitrogens with one attached hydrogen (secondary N) is 1. The van der Waals surface area contributed by atoms with Gasteiger partial charge in [-0.1, -0.05) is 29.8 Å². The van der Waals surface area contributed by atoms with Crippen LogP contribution < -0.4 is 15.8 Å². The lowest BCUT2D eigenvalue weighted by Crippen LogP contribution is -2.31. The van der Waals surface area contributed by atoms with Gasteiger partial charge in [-0.05, 0) is 29.8 Å². The van der Waals surface area contributed by atoms with Crippen molar-refractivity contribution < 1.29 is 9.53 Å². The summed E-state index contributed by atoms with van der Waals surface area (Å²) in [7, 11) is 0. The maximum absolute atomic E-state index is 12.2. The maximum Gasteiger partial charge on any atom is 0.265 e. The molecule has 0 aliphatic carbocycles. The highest BCUT2D eigenvalue weighted by Crippen LogP contribution is 2.29. The lowest BCUT2D eigenvalue weighted by Gasteiger charge is -2.13. The zero-order valence-corrected chi connectivity index (χ0v) is 11.4. The summed E-state index contributed by atoms with van der Waals surface area (Å²) in [6.45, 7) is 0. The van der Waals surface area contributed by atoms with Crippen molar-refractivity contribution >= 4 is 28.9 Å². The Balaban J connectivity index is 1.72. The molecule has 1 heterocycles. The largest absolute Gasteiger partial charge is 0.480 e. The normalized spacial score (nSPS) is 16.4. The molecule has 0 spiro atoms. The van der Waals surface area contributed by atoms with Gasteiger partial charge in [0.2, 0.25) is 0 Å². The highest BCUT2D eigenvalue weighted by atomic mass is 35.5. The van der Waals surface area contributed by atoms with E-state index in [0.717, 1.165) is 11.3 Å². The van der Waals surface area contributed by atoms with Gasteiger partial charge in [0.05, 0.1) is 11.4 Å². The highest BCUT2D eigenvalue weighted by molar-refractivity contribution is 6.31. The van der Waals surface area contributed by atoms with Crippen LogP contribution in [-0.4, -0.2) is 12.0 Å². The van der Waals surface area contributed by atoms with Gasteiger partial charge in [-0.15, -0.1) is 0 Å². The summed E-state index contributed by atoms with van der Waals surface area (Å²) in [5.41, 5.74) is 7.82. The van der Waals surface area contributed by atoms with Crippen LogP contribution in [0.25, 0.3) is 0 Å². The standard InChI is InChI=1S/C15H13ClN2O2/c16-10-5-6-12(11(17)8-10)18-15(19)14-7-9-3-1-2-4-13(9)20-14/h1-6,8,14H,7,17H2,(H,18,19). The summed E-state index contributed by atoms with van der Waals surface area (Å²) in [6, 6.07) is 12.6. The Morgan fingerprint density at radius 3 is 2.85 bits per heavy atom. The Bertz CT molecular complexity index is 648. The average Bonchev–Trinajstić information content (AvgIpc) is 2.86. The second-order valence-electron chi connectivity index (χ2n) is 4.64. The first-order chi connectivity index (χ1) is 9.63. The van der Waals surface area contributed by atoms with Crippen molar-refractivity contribution in [1.82, 2.24) is 0 Å². The van der Waals surface area contributed by atoms with Gasteiger partial charge in [0, 0.05) is 11.4 Å². The number of para-hydroxylation sites is 1. The van der Waals surface area contributed by atoms with E-state index in [9.17, 15) is 4.79 Å². The molecule has 0 radical (unpaired) electrons. The number of fused-ring (bicyclic) bond motifs is 1. The van der Waals surface area contributed by atoms with E-state index >= 15 is 0 Å². The van der Waals surface area contributed by atoms with Crippen molar-refractivity contribution in [3.8, 4) is 5.75 Å². The average molecular weight is 289 g/mol. The number of hydrogen-bond donors (Lipinski definition) is 2. The topological polar surface area (TPSA) is 64.3 Å². The fourth-order valence-corrected chi connectivity index (χ4v) is 2.37. The molecule has 3 rings (SSSR count). The molecule has 1 aliphatic heterocycles. The van der Waals surface area contributed by atoms with Crippen molar-refractivity contribution in [1.29, 1.82) is 0 Å². The number of nitrogens with two attached hydrogens (primary N) is 1. The summed E-state index contributed by atoms with van der Waals surface area (Å²) in [4.78, 5) is 12.2. The van der Waals surface area contributed by atoms with E-state index in [1.54, 1.807) is 18.2 Å². The number of benzene rings is 2. The second kappa shape index (κ2) is 5.06. The van der Waals surface area contributed by atoms with Crippen LogP contribution in [0.1, 0.15) is 5.56 Å². The molecule has 2 aromatic carbocycles. The molecule has 0 bridgehead atoms. The predicted molar refractivity (Wildman–Crippen MR) is 79.1 cm³/mol. The summed E-state index contributed by atoms with van der Waals surface area (Å²) in [6.07, 6.45) is 0.0395. The number of carbonyl (C=O) groups excluding carboxylic acids is 1. The van der Waals surface area contributed by atoms with Crippen LogP contribution in [0.15, 0.2) is 42.5 Å². The quantitative estimate of drug-likeness (QED) is 0.835. The molecule has 1 amide bonds. The van der Waals surface area contributed by atoms with Gasteiger partial charge in [-0.2, -0.15) is 0 Å². The molecule has 0 saturated carbocycles. The molecular formula is C15H13ClN2O2. The van der Waals surface area contributed by atoms with E-state index < -0.39 is 6.10 Å². The first kappa shape index (κ1) is 12.8. The molecule has 0 saturated heterocycles. The van der Waals surface area contributed by atoms with E-state index in [2.05, 4.69) is 5.32 Å². The fourth-order valence-electron chi connectivity index (χ4n) is 2.19. The summed E-state index contributed by atoms with van der Waals surface area (Å²) in [5.74, 6) is 0.548. The van der Waals surface area contributed by atoms with Crippen molar-refractivity contribution in [2.24, 2.45) is 0 Å². The molecule has 3 N–H and O–H groups in total. The first-order valence-electron chi connectivity index (χ1n) is 6.24. The minimum atomic E-state index is -0.525. The molecule has 2 aromatic rings. The molecule has 20 heavy (non-hydrogen) atoms. The first-order valence-corrected chi connectivity index (χ1v) is 6.62. The van der Waals surface area contributed by atoms with Gasteiger partial charge in [-0.25, -0.2) is 0 Å². The molecule has 0 fully saturated rings. The number of rotatable bonds is 2. The minimum absolute atomic E-state index is 0.213. The predicted octanol–water partition coefficient (Wildman–Crippen LogP) is 2.86. The summed E-state index contributed by atoms with van der Waals surface area (Å²) in [5, 5.41) is 3.30. The van der Waals surface area contributed by atoms with Crippen LogP contribution in [0.2, 0.25) is 5.02 Å². The molecule has 4 nitrogen and oxygen atoms in total. The van der Waals surface area contributed by atoms with Crippen LogP contribution in [0, 0.1) is 0 Å². The molecule has 1 atom stereocenters. The highest BCUT2D eigenvalue weighted by Gasteiger charge is 2.28. The third kappa shape index (κ3) is 2.42. The Kier molecular flexibility index (Phi) is 3.24. The molecule has 1 unspecified atom stereocenters. The van der Waals surface area contributed by atoms with Crippen LogP contribution in [0.3, 0.4) is 0 Å². The van der Waals surface area contributed by atoms with Gasteiger partial charge in [-0.3, -0.25) is 4.79 Å². The van der Waals surface area contributed by atoms with Gasteiger partial charge in [0.1, 0.15) is 5.75 Å². The van der Waals surface area contributed by atoms with E-state index in [-0.39, 0.29) is 5.91 Å². The smallest absolute Gasteiger partial charge is 0.265 e. The lowest BCUT2D eigenvalue weighted by atomic mass is 10.1. The van der Waals surface area contributed by atoms with Crippen LogP contribution in [-0.2, 0) is 11.2 Å². The molecule has 5 heteroatoms. The summed E-state index contributed by atoms with van der Waals surface area (Å²) >= 11 is 5.82. The van der Waals surface area contributed by atoms with Crippen LogP contribution in [0.5, 0.6) is 5.75 Å². The molecule has 1 aliphatic rings. The van der Waals surface area contributed by atoms with Crippen LogP contribution in [0.4, 0.5) is 11.4 Å². The van der Waals surface area contributed by atoms with E-state index in [4.69, 9.17) is 22.1 Å². The third-order valence-electron chi connectivity index (χ3n) is 3.21. The number of anilines is 2. The molecule has 0 aromatic heterocycles. The van der Waals surface area contributed by atoms with Gasteiger partial charge >= 0.3 is 0 Å². The van der Waals surface area contributed by atoms with E-state index in [1.165, 1.54) is 0 Å². The second-order valence-corrected chi connectivity index (χ2v) is 5.08. The van der Waals surface area contributed by atoms with E-state index in [0.29, 0.717) is 22.8 Å². The number of amides is 1. The Hall–Kier alpha value is -2.20. The molecule has 102 valence electrons. The number of halogens is 1. The van der Waals surface area contributed by atoms with Crippen molar-refractivity contribution in [2.45, 2.75) is 12.5 Å². The molecular weight excluding hydrogens is 276 g/mol. The Labute approximate surface area is 121 Å². The monoisotopic (exact) mass is 288 g/mol. The van der Waals surface area contributed by atoms with Crippen LogP contribution >= 0.6 is 11.6 Å². The zero-order valence-electron chi connectivity index (χ0n) is 10.6. The third-order valence-corrected chi connectivity index (χ3v) is 3.45. The number of nitrogen functional groups attached to an aromatic ring is 1. The minimum Gasteiger partial charge on any atom is -0.480 e. The van der Waals surface area contributed by atoms with Crippen molar-refractivity contribution in [3.63, 3.8) is 0 Å². The number of carbonyl (C=O) groups is 1. The lowest BCUT2D eigenvalue weighted by molar-refractivity contribution is -0.122.